The molecule has 0 aliphatic carbocycles. The molecule has 2 aliphatic heterocycles. The first-order valence-electron chi connectivity index (χ1n) is 5.70. The van der Waals surface area contributed by atoms with Gasteiger partial charge in [-0.15, -0.1) is 0 Å². The summed E-state index contributed by atoms with van der Waals surface area (Å²) in [5.74, 6) is 0.498. The van der Waals surface area contributed by atoms with Crippen LogP contribution < -0.4 is 5.73 Å². The molecule has 2 fully saturated rings. The summed E-state index contributed by atoms with van der Waals surface area (Å²) in [5.41, 5.74) is 6.18. The molecular weight excluding hydrogens is 178 g/mol. The van der Waals surface area contributed by atoms with Gasteiger partial charge in [0.1, 0.15) is 0 Å². The Morgan fingerprint density at radius 1 is 1.36 bits per heavy atom. The lowest BCUT2D eigenvalue weighted by atomic mass is 9.81. The van der Waals surface area contributed by atoms with E-state index < -0.39 is 0 Å². The highest BCUT2D eigenvalue weighted by molar-refractivity contribution is 4.94. The van der Waals surface area contributed by atoms with Gasteiger partial charge in [-0.25, -0.2) is 0 Å². The predicted octanol–water partition coefficient (Wildman–Crippen LogP) is 1.31. The van der Waals surface area contributed by atoms with Gasteiger partial charge in [0.25, 0.3) is 0 Å². The van der Waals surface area contributed by atoms with Crippen LogP contribution in [0.25, 0.3) is 0 Å². The smallest absolute Gasteiger partial charge is 0.0808 e. The zero-order valence-corrected chi connectivity index (χ0v) is 9.00. The van der Waals surface area contributed by atoms with Gasteiger partial charge in [0, 0.05) is 25.2 Å². The van der Waals surface area contributed by atoms with Crippen LogP contribution in [0.4, 0.5) is 0 Å². The molecule has 3 heteroatoms. The molecule has 82 valence electrons. The highest BCUT2D eigenvalue weighted by atomic mass is 16.5. The van der Waals surface area contributed by atoms with E-state index in [1.807, 2.05) is 0 Å². The highest BCUT2D eigenvalue weighted by Gasteiger charge is 2.40. The van der Waals surface area contributed by atoms with Crippen LogP contribution in [0.3, 0.4) is 0 Å². The molecule has 2 rings (SSSR count). The molecule has 0 aromatic rings. The summed E-state index contributed by atoms with van der Waals surface area (Å²) in [7, 11) is 0. The van der Waals surface area contributed by atoms with Gasteiger partial charge in [0.2, 0.25) is 0 Å². The largest absolute Gasteiger partial charge is 0.381 e. The van der Waals surface area contributed by atoms with Gasteiger partial charge in [-0.05, 0) is 32.6 Å². The minimum Gasteiger partial charge on any atom is -0.381 e. The van der Waals surface area contributed by atoms with Crippen LogP contribution in [0.15, 0.2) is 0 Å². The van der Waals surface area contributed by atoms with E-state index in [1.54, 1.807) is 0 Å². The lowest BCUT2D eigenvalue weighted by Crippen LogP contribution is -2.53. The fourth-order valence-electron chi connectivity index (χ4n) is 2.55. The first kappa shape index (κ1) is 10.4. The molecule has 14 heavy (non-hydrogen) atoms. The van der Waals surface area contributed by atoms with Crippen molar-refractivity contribution in [1.82, 2.24) is 0 Å². The van der Waals surface area contributed by atoms with Crippen LogP contribution in [0.2, 0.25) is 0 Å². The third kappa shape index (κ3) is 1.95. The Balaban J connectivity index is 1.96. The first-order valence-corrected chi connectivity index (χ1v) is 5.70. The summed E-state index contributed by atoms with van der Waals surface area (Å²) >= 11 is 0. The summed E-state index contributed by atoms with van der Waals surface area (Å²) in [6.07, 6.45) is 4.63. The van der Waals surface area contributed by atoms with E-state index in [2.05, 4.69) is 6.92 Å². The van der Waals surface area contributed by atoms with E-state index >= 15 is 0 Å². The normalized spacial score (nSPS) is 41.1. The van der Waals surface area contributed by atoms with Crippen LogP contribution >= 0.6 is 0 Å². The quantitative estimate of drug-likeness (QED) is 0.729. The molecule has 0 saturated carbocycles. The number of nitrogens with two attached hydrogens (primary N) is 1. The zero-order valence-electron chi connectivity index (χ0n) is 9.00. The molecule has 2 saturated heterocycles. The minimum atomic E-state index is -0.101. The van der Waals surface area contributed by atoms with Gasteiger partial charge < -0.3 is 15.2 Å². The number of ether oxygens (including phenoxy) is 2. The molecule has 3 nitrogen and oxygen atoms in total. The fourth-order valence-corrected chi connectivity index (χ4v) is 2.55. The topological polar surface area (TPSA) is 44.5 Å². The van der Waals surface area contributed by atoms with Crippen LogP contribution in [-0.4, -0.2) is 31.5 Å². The van der Waals surface area contributed by atoms with Crippen LogP contribution in [0, 0.1) is 5.92 Å². The van der Waals surface area contributed by atoms with Crippen molar-refractivity contribution in [2.45, 2.75) is 44.2 Å². The van der Waals surface area contributed by atoms with Gasteiger partial charge in [-0.2, -0.15) is 0 Å². The first-order chi connectivity index (χ1) is 6.72. The number of hydrogen-bond donors (Lipinski definition) is 1. The summed E-state index contributed by atoms with van der Waals surface area (Å²) in [6, 6.07) is 0.144. The molecule has 2 aliphatic rings. The Morgan fingerprint density at radius 3 is 2.79 bits per heavy atom. The lowest BCUT2D eigenvalue weighted by Gasteiger charge is -2.41. The molecule has 0 bridgehead atoms. The van der Waals surface area contributed by atoms with Gasteiger partial charge in [0.15, 0.2) is 0 Å². The van der Waals surface area contributed by atoms with Crippen LogP contribution in [-0.2, 0) is 9.47 Å². The van der Waals surface area contributed by atoms with E-state index in [9.17, 15) is 0 Å². The third-order valence-electron chi connectivity index (χ3n) is 3.68. The SMILES string of the molecule is CC1(C(N)C2CCOC2)CCCCO1. The van der Waals surface area contributed by atoms with Crippen molar-refractivity contribution >= 4 is 0 Å². The molecule has 0 spiro atoms. The molecule has 2 N–H and O–H groups in total. The Kier molecular flexibility index (Phi) is 3.10. The maximum Gasteiger partial charge on any atom is 0.0808 e. The summed E-state index contributed by atoms with van der Waals surface area (Å²) in [5, 5.41) is 0. The van der Waals surface area contributed by atoms with Gasteiger partial charge in [-0.1, -0.05) is 0 Å². The average molecular weight is 199 g/mol. The Morgan fingerprint density at radius 2 is 2.21 bits per heavy atom. The summed E-state index contributed by atoms with van der Waals surface area (Å²) in [6.45, 7) is 4.72. The molecule has 3 atom stereocenters. The van der Waals surface area contributed by atoms with Crippen molar-refractivity contribution in [3.05, 3.63) is 0 Å². The summed E-state index contributed by atoms with van der Waals surface area (Å²) < 4.78 is 11.2. The Hall–Kier alpha value is -0.120. The van der Waals surface area contributed by atoms with E-state index in [4.69, 9.17) is 15.2 Å². The molecule has 0 amide bonds. The lowest BCUT2D eigenvalue weighted by molar-refractivity contribution is -0.0919. The third-order valence-corrected chi connectivity index (χ3v) is 3.68. The summed E-state index contributed by atoms with van der Waals surface area (Å²) in [4.78, 5) is 0. The average Bonchev–Trinajstić information content (AvgIpc) is 2.70. The zero-order chi connectivity index (χ0) is 10.0. The van der Waals surface area contributed by atoms with Crippen molar-refractivity contribution < 1.29 is 9.47 Å². The highest BCUT2D eigenvalue weighted by Crippen LogP contribution is 2.32. The minimum absolute atomic E-state index is 0.101. The standard InChI is InChI=1S/C11H21NO2/c1-11(5-2-3-6-14-11)10(12)9-4-7-13-8-9/h9-10H,2-8,12H2,1H3. The van der Waals surface area contributed by atoms with E-state index in [1.165, 1.54) is 12.8 Å². The molecule has 0 aromatic carbocycles. The predicted molar refractivity (Wildman–Crippen MR) is 55.1 cm³/mol. The second-order valence-corrected chi connectivity index (χ2v) is 4.77. The second kappa shape index (κ2) is 4.17. The Bertz CT molecular complexity index is 184. The van der Waals surface area contributed by atoms with Crippen molar-refractivity contribution in [3.8, 4) is 0 Å². The Labute approximate surface area is 85.9 Å². The van der Waals surface area contributed by atoms with Crippen LogP contribution in [0.5, 0.6) is 0 Å². The number of hydrogen-bond acceptors (Lipinski definition) is 3. The fraction of sp³-hybridized carbons (Fsp3) is 1.00. The van der Waals surface area contributed by atoms with Gasteiger partial charge in [0.05, 0.1) is 12.2 Å². The maximum absolute atomic E-state index is 6.28. The van der Waals surface area contributed by atoms with Gasteiger partial charge >= 0.3 is 0 Å². The van der Waals surface area contributed by atoms with Crippen molar-refractivity contribution in [2.75, 3.05) is 19.8 Å². The van der Waals surface area contributed by atoms with Crippen LogP contribution in [0.1, 0.15) is 32.6 Å². The molecule has 2 heterocycles. The van der Waals surface area contributed by atoms with Crippen molar-refractivity contribution in [3.63, 3.8) is 0 Å². The van der Waals surface area contributed by atoms with Crippen molar-refractivity contribution in [2.24, 2.45) is 11.7 Å². The number of rotatable bonds is 2. The molecular formula is C11H21NO2. The monoisotopic (exact) mass is 199 g/mol. The second-order valence-electron chi connectivity index (χ2n) is 4.77. The van der Waals surface area contributed by atoms with Crippen molar-refractivity contribution in [1.29, 1.82) is 0 Å². The van der Waals surface area contributed by atoms with E-state index in [0.29, 0.717) is 5.92 Å². The molecule has 0 radical (unpaired) electrons. The van der Waals surface area contributed by atoms with E-state index in [-0.39, 0.29) is 11.6 Å². The van der Waals surface area contributed by atoms with E-state index in [0.717, 1.165) is 32.7 Å². The maximum atomic E-state index is 6.28. The van der Waals surface area contributed by atoms with Gasteiger partial charge in [-0.3, -0.25) is 0 Å². The molecule has 0 aromatic heterocycles. The molecule has 3 unspecified atom stereocenters.